The SMILES string of the molecule is CCC(C)N1CCC(NC(=O)C(C)C)C1. The van der Waals surface area contributed by atoms with Crippen LogP contribution >= 0.6 is 0 Å². The first kappa shape index (κ1) is 12.5. The number of carbonyl (C=O) groups is 1. The van der Waals surface area contributed by atoms with Crippen molar-refractivity contribution in [1.29, 1.82) is 0 Å². The van der Waals surface area contributed by atoms with Gasteiger partial charge in [-0.05, 0) is 19.8 Å². The Bertz CT molecular complexity index is 216. The van der Waals surface area contributed by atoms with Gasteiger partial charge in [-0.3, -0.25) is 9.69 Å². The Kier molecular flexibility index (Phi) is 4.58. The molecule has 1 aliphatic heterocycles. The van der Waals surface area contributed by atoms with Crippen LogP contribution in [-0.2, 0) is 4.79 Å². The van der Waals surface area contributed by atoms with Crippen LogP contribution in [0.5, 0.6) is 0 Å². The number of nitrogens with one attached hydrogen (secondary N) is 1. The molecule has 15 heavy (non-hydrogen) atoms. The van der Waals surface area contributed by atoms with E-state index < -0.39 is 0 Å². The van der Waals surface area contributed by atoms with Gasteiger partial charge < -0.3 is 5.32 Å². The molecule has 0 bridgehead atoms. The molecule has 0 spiro atoms. The Morgan fingerprint density at radius 2 is 2.13 bits per heavy atom. The summed E-state index contributed by atoms with van der Waals surface area (Å²) >= 11 is 0. The molecule has 0 aromatic carbocycles. The van der Waals surface area contributed by atoms with Crippen molar-refractivity contribution in [2.24, 2.45) is 5.92 Å². The first-order valence-corrected chi connectivity index (χ1v) is 6.09. The van der Waals surface area contributed by atoms with Gasteiger partial charge in [0.2, 0.25) is 5.91 Å². The Morgan fingerprint density at radius 1 is 1.47 bits per heavy atom. The number of amides is 1. The summed E-state index contributed by atoms with van der Waals surface area (Å²) in [4.78, 5) is 14.0. The lowest BCUT2D eigenvalue weighted by atomic mass is 10.2. The minimum atomic E-state index is 0.0997. The maximum Gasteiger partial charge on any atom is 0.222 e. The fraction of sp³-hybridized carbons (Fsp3) is 0.917. The van der Waals surface area contributed by atoms with Crippen LogP contribution in [0.4, 0.5) is 0 Å². The summed E-state index contributed by atoms with van der Waals surface area (Å²) in [6.45, 7) is 10.5. The topological polar surface area (TPSA) is 32.3 Å². The standard InChI is InChI=1S/C12H24N2O/c1-5-10(4)14-7-6-11(8-14)13-12(15)9(2)3/h9-11H,5-8H2,1-4H3,(H,13,15). The van der Waals surface area contributed by atoms with Crippen LogP contribution < -0.4 is 5.32 Å². The first-order valence-electron chi connectivity index (χ1n) is 6.09. The van der Waals surface area contributed by atoms with Gasteiger partial charge in [0.05, 0.1) is 0 Å². The number of carbonyl (C=O) groups excluding carboxylic acids is 1. The van der Waals surface area contributed by atoms with Gasteiger partial charge in [-0.1, -0.05) is 20.8 Å². The molecule has 0 aromatic rings. The molecular weight excluding hydrogens is 188 g/mol. The zero-order valence-corrected chi connectivity index (χ0v) is 10.4. The Balaban J connectivity index is 2.33. The number of hydrogen-bond acceptors (Lipinski definition) is 2. The molecule has 0 aromatic heterocycles. The molecule has 3 heteroatoms. The van der Waals surface area contributed by atoms with Crippen molar-refractivity contribution >= 4 is 5.91 Å². The highest BCUT2D eigenvalue weighted by Gasteiger charge is 2.26. The lowest BCUT2D eigenvalue weighted by Gasteiger charge is -2.23. The van der Waals surface area contributed by atoms with Crippen LogP contribution in [0.3, 0.4) is 0 Å². The third kappa shape index (κ3) is 3.49. The number of likely N-dealkylation sites (tertiary alicyclic amines) is 1. The summed E-state index contributed by atoms with van der Waals surface area (Å²) in [6.07, 6.45) is 2.29. The van der Waals surface area contributed by atoms with Crippen molar-refractivity contribution in [3.63, 3.8) is 0 Å². The summed E-state index contributed by atoms with van der Waals surface area (Å²) in [5.74, 6) is 0.286. The molecule has 2 unspecified atom stereocenters. The number of nitrogens with zero attached hydrogens (tertiary/aromatic N) is 1. The van der Waals surface area contributed by atoms with Gasteiger partial charge in [0, 0.05) is 31.1 Å². The minimum absolute atomic E-state index is 0.0997. The third-order valence-electron chi connectivity index (χ3n) is 3.30. The van der Waals surface area contributed by atoms with Crippen LogP contribution in [0, 0.1) is 5.92 Å². The molecule has 1 rings (SSSR count). The molecule has 1 amide bonds. The number of hydrogen-bond donors (Lipinski definition) is 1. The van der Waals surface area contributed by atoms with Crippen molar-refractivity contribution in [2.45, 2.75) is 52.6 Å². The highest BCUT2D eigenvalue weighted by molar-refractivity contribution is 5.78. The van der Waals surface area contributed by atoms with Gasteiger partial charge in [-0.15, -0.1) is 0 Å². The maximum absolute atomic E-state index is 11.5. The van der Waals surface area contributed by atoms with Gasteiger partial charge in [0.1, 0.15) is 0 Å². The van der Waals surface area contributed by atoms with E-state index in [0.717, 1.165) is 19.5 Å². The van der Waals surface area contributed by atoms with Crippen molar-refractivity contribution in [2.75, 3.05) is 13.1 Å². The van der Waals surface area contributed by atoms with Gasteiger partial charge in [-0.2, -0.15) is 0 Å². The van der Waals surface area contributed by atoms with E-state index in [1.165, 1.54) is 6.42 Å². The summed E-state index contributed by atoms with van der Waals surface area (Å²) < 4.78 is 0. The molecule has 2 atom stereocenters. The van der Waals surface area contributed by atoms with E-state index in [1.807, 2.05) is 13.8 Å². The average Bonchev–Trinajstić information content (AvgIpc) is 2.65. The second kappa shape index (κ2) is 5.50. The lowest BCUT2D eigenvalue weighted by Crippen LogP contribution is -2.40. The van der Waals surface area contributed by atoms with Crippen LogP contribution in [0.25, 0.3) is 0 Å². The monoisotopic (exact) mass is 212 g/mol. The molecule has 1 N–H and O–H groups in total. The molecule has 88 valence electrons. The third-order valence-corrected chi connectivity index (χ3v) is 3.30. The van der Waals surface area contributed by atoms with E-state index in [0.29, 0.717) is 12.1 Å². The van der Waals surface area contributed by atoms with E-state index >= 15 is 0 Å². The fourth-order valence-electron chi connectivity index (χ4n) is 1.93. The lowest BCUT2D eigenvalue weighted by molar-refractivity contribution is -0.124. The zero-order chi connectivity index (χ0) is 11.4. The van der Waals surface area contributed by atoms with E-state index in [1.54, 1.807) is 0 Å². The van der Waals surface area contributed by atoms with Crippen LogP contribution in [0.1, 0.15) is 40.5 Å². The summed E-state index contributed by atoms with van der Waals surface area (Å²) in [7, 11) is 0. The Hall–Kier alpha value is -0.570. The van der Waals surface area contributed by atoms with Crippen LogP contribution in [0.2, 0.25) is 0 Å². The highest BCUT2D eigenvalue weighted by atomic mass is 16.1. The smallest absolute Gasteiger partial charge is 0.222 e. The molecule has 0 aliphatic carbocycles. The maximum atomic E-state index is 11.5. The van der Waals surface area contributed by atoms with Gasteiger partial charge >= 0.3 is 0 Å². The Morgan fingerprint density at radius 3 is 2.67 bits per heavy atom. The predicted octanol–water partition coefficient (Wildman–Crippen LogP) is 1.63. The second-order valence-corrected chi connectivity index (χ2v) is 4.90. The fourth-order valence-corrected chi connectivity index (χ4v) is 1.93. The number of rotatable bonds is 4. The molecule has 0 saturated carbocycles. The normalized spacial score (nSPS) is 24.5. The van der Waals surface area contributed by atoms with E-state index in [-0.39, 0.29) is 11.8 Å². The molecule has 3 nitrogen and oxygen atoms in total. The van der Waals surface area contributed by atoms with E-state index in [9.17, 15) is 4.79 Å². The summed E-state index contributed by atoms with van der Waals surface area (Å²) in [6, 6.07) is 1.01. The second-order valence-electron chi connectivity index (χ2n) is 4.90. The van der Waals surface area contributed by atoms with Gasteiger partial charge in [-0.25, -0.2) is 0 Å². The molecular formula is C12H24N2O. The van der Waals surface area contributed by atoms with E-state index in [4.69, 9.17) is 0 Å². The predicted molar refractivity (Wildman–Crippen MR) is 62.7 cm³/mol. The molecule has 0 radical (unpaired) electrons. The molecule has 1 aliphatic rings. The Labute approximate surface area is 93.2 Å². The van der Waals surface area contributed by atoms with Crippen LogP contribution in [-0.4, -0.2) is 36.0 Å². The summed E-state index contributed by atoms with van der Waals surface area (Å²) in [5.41, 5.74) is 0. The van der Waals surface area contributed by atoms with Crippen molar-refractivity contribution in [3.05, 3.63) is 0 Å². The van der Waals surface area contributed by atoms with E-state index in [2.05, 4.69) is 24.1 Å². The van der Waals surface area contributed by atoms with Gasteiger partial charge in [0.25, 0.3) is 0 Å². The quantitative estimate of drug-likeness (QED) is 0.768. The largest absolute Gasteiger partial charge is 0.352 e. The average molecular weight is 212 g/mol. The molecule has 1 heterocycles. The van der Waals surface area contributed by atoms with Crippen molar-refractivity contribution in [1.82, 2.24) is 10.2 Å². The van der Waals surface area contributed by atoms with Gasteiger partial charge in [0.15, 0.2) is 0 Å². The zero-order valence-electron chi connectivity index (χ0n) is 10.4. The molecule has 1 fully saturated rings. The van der Waals surface area contributed by atoms with Crippen LogP contribution in [0.15, 0.2) is 0 Å². The molecule has 1 saturated heterocycles. The minimum Gasteiger partial charge on any atom is -0.352 e. The van der Waals surface area contributed by atoms with Crippen molar-refractivity contribution in [3.8, 4) is 0 Å². The summed E-state index contributed by atoms with van der Waals surface area (Å²) in [5, 5.41) is 3.11. The first-order chi connectivity index (χ1) is 7.04. The highest BCUT2D eigenvalue weighted by Crippen LogP contribution is 2.14. The van der Waals surface area contributed by atoms with Crippen molar-refractivity contribution < 1.29 is 4.79 Å².